The van der Waals surface area contributed by atoms with E-state index in [2.05, 4.69) is 23.5 Å². The summed E-state index contributed by atoms with van der Waals surface area (Å²) >= 11 is 0. The Balaban J connectivity index is 1.79. The lowest BCUT2D eigenvalue weighted by Gasteiger charge is -2.33. The lowest BCUT2D eigenvalue weighted by atomic mass is 10.0. The first-order chi connectivity index (χ1) is 9.49. The van der Waals surface area contributed by atoms with Gasteiger partial charge in [0.25, 0.3) is 10.2 Å². The lowest BCUT2D eigenvalue weighted by molar-refractivity contribution is 0.0213. The van der Waals surface area contributed by atoms with Crippen molar-refractivity contribution >= 4 is 10.2 Å². The molecule has 0 bridgehead atoms. The Labute approximate surface area is 122 Å². The number of rotatable bonds is 5. The molecule has 2 saturated heterocycles. The second-order valence-corrected chi connectivity index (χ2v) is 7.69. The van der Waals surface area contributed by atoms with Gasteiger partial charge in [-0.05, 0) is 25.7 Å². The number of hydrogen-bond donors (Lipinski definition) is 1. The van der Waals surface area contributed by atoms with E-state index in [9.17, 15) is 8.42 Å². The molecule has 20 heavy (non-hydrogen) atoms. The Bertz CT molecular complexity index is 388. The van der Waals surface area contributed by atoms with Crippen LogP contribution in [0.15, 0.2) is 0 Å². The van der Waals surface area contributed by atoms with Crippen LogP contribution in [-0.2, 0) is 14.9 Å². The van der Waals surface area contributed by atoms with Crippen LogP contribution in [0, 0.1) is 5.92 Å². The van der Waals surface area contributed by atoms with E-state index in [1.54, 1.807) is 4.31 Å². The lowest BCUT2D eigenvalue weighted by Crippen LogP contribution is -2.50. The number of nitrogens with one attached hydrogen (secondary N) is 1. The topological polar surface area (TPSA) is 61.9 Å². The molecule has 0 aliphatic carbocycles. The summed E-state index contributed by atoms with van der Waals surface area (Å²) in [5, 5.41) is 0. The highest BCUT2D eigenvalue weighted by Gasteiger charge is 2.27. The summed E-state index contributed by atoms with van der Waals surface area (Å²) in [5.41, 5.74) is 0. The van der Waals surface area contributed by atoms with Crippen molar-refractivity contribution in [1.82, 2.24) is 13.9 Å². The zero-order valence-electron chi connectivity index (χ0n) is 12.5. The van der Waals surface area contributed by atoms with Gasteiger partial charge in [-0.2, -0.15) is 12.7 Å². The fourth-order valence-electron chi connectivity index (χ4n) is 2.69. The van der Waals surface area contributed by atoms with Crippen molar-refractivity contribution in [2.24, 2.45) is 5.92 Å². The van der Waals surface area contributed by atoms with E-state index in [0.717, 1.165) is 39.1 Å². The maximum atomic E-state index is 12.3. The van der Waals surface area contributed by atoms with E-state index in [0.29, 0.717) is 25.6 Å². The molecule has 1 N–H and O–H groups in total. The van der Waals surface area contributed by atoms with Gasteiger partial charge in [0.1, 0.15) is 0 Å². The van der Waals surface area contributed by atoms with Gasteiger partial charge in [-0.25, -0.2) is 4.72 Å². The third-order valence-corrected chi connectivity index (χ3v) is 5.89. The summed E-state index contributed by atoms with van der Waals surface area (Å²) in [6.45, 7) is 9.22. The highest BCUT2D eigenvalue weighted by molar-refractivity contribution is 7.87. The highest BCUT2D eigenvalue weighted by Crippen LogP contribution is 2.18. The number of piperidine rings is 1. The van der Waals surface area contributed by atoms with Crippen molar-refractivity contribution in [3.05, 3.63) is 0 Å². The first-order valence-electron chi connectivity index (χ1n) is 7.55. The predicted octanol–water partition coefficient (Wildman–Crippen LogP) is 0.273. The van der Waals surface area contributed by atoms with Crippen LogP contribution in [-0.4, -0.2) is 69.6 Å². The maximum Gasteiger partial charge on any atom is 0.279 e. The summed E-state index contributed by atoms with van der Waals surface area (Å²) in [6.07, 6.45) is 1.92. The van der Waals surface area contributed by atoms with Crippen molar-refractivity contribution < 1.29 is 13.2 Å². The molecule has 0 saturated carbocycles. The summed E-state index contributed by atoms with van der Waals surface area (Å²) in [7, 11) is -3.32. The zero-order chi connectivity index (χ0) is 14.6. The largest absolute Gasteiger partial charge is 0.379 e. The van der Waals surface area contributed by atoms with E-state index in [1.807, 2.05) is 0 Å². The molecule has 0 unspecified atom stereocenters. The standard InChI is InChI=1S/C13H27N3O3S/c1-12-3-5-16(6-4-12)20(17,18)14-11-13(2)15-7-9-19-10-8-15/h12-14H,3-11H2,1-2H3/t13-/m0/s1. The van der Waals surface area contributed by atoms with Gasteiger partial charge in [-0.15, -0.1) is 0 Å². The first-order valence-corrected chi connectivity index (χ1v) is 8.99. The fraction of sp³-hybridized carbons (Fsp3) is 1.00. The van der Waals surface area contributed by atoms with Gasteiger partial charge in [-0.3, -0.25) is 4.90 Å². The third-order valence-electron chi connectivity index (χ3n) is 4.31. The molecule has 0 aromatic heterocycles. The van der Waals surface area contributed by atoms with E-state index in [-0.39, 0.29) is 6.04 Å². The Kier molecular flexibility index (Phi) is 5.80. The fourth-order valence-corrected chi connectivity index (χ4v) is 4.02. The molecule has 0 radical (unpaired) electrons. The first kappa shape index (κ1) is 16.2. The molecule has 2 rings (SSSR count). The van der Waals surface area contributed by atoms with E-state index in [4.69, 9.17) is 4.74 Å². The van der Waals surface area contributed by atoms with Gasteiger partial charge in [0.2, 0.25) is 0 Å². The molecule has 7 heteroatoms. The van der Waals surface area contributed by atoms with Crippen LogP contribution in [0.5, 0.6) is 0 Å². The molecule has 6 nitrogen and oxygen atoms in total. The van der Waals surface area contributed by atoms with Crippen LogP contribution < -0.4 is 4.72 Å². The van der Waals surface area contributed by atoms with Crippen LogP contribution in [0.1, 0.15) is 26.7 Å². The Morgan fingerprint density at radius 1 is 1.20 bits per heavy atom. The number of morpholine rings is 1. The van der Waals surface area contributed by atoms with Gasteiger partial charge in [-0.1, -0.05) is 6.92 Å². The molecule has 2 aliphatic heterocycles. The average Bonchev–Trinajstić information content (AvgIpc) is 2.46. The van der Waals surface area contributed by atoms with Crippen molar-refractivity contribution in [3.63, 3.8) is 0 Å². The molecule has 0 spiro atoms. The minimum atomic E-state index is -3.32. The van der Waals surface area contributed by atoms with Crippen LogP contribution in [0.25, 0.3) is 0 Å². The van der Waals surface area contributed by atoms with Crippen molar-refractivity contribution in [2.45, 2.75) is 32.7 Å². The van der Waals surface area contributed by atoms with Gasteiger partial charge >= 0.3 is 0 Å². The minimum absolute atomic E-state index is 0.206. The Hall–Kier alpha value is -0.210. The highest BCUT2D eigenvalue weighted by atomic mass is 32.2. The minimum Gasteiger partial charge on any atom is -0.379 e. The molecule has 2 heterocycles. The molecule has 2 aliphatic rings. The predicted molar refractivity (Wildman–Crippen MR) is 78.7 cm³/mol. The Morgan fingerprint density at radius 3 is 2.40 bits per heavy atom. The van der Waals surface area contributed by atoms with Crippen LogP contribution in [0.3, 0.4) is 0 Å². The SMILES string of the molecule is CC1CCN(S(=O)(=O)NC[C@H](C)N2CCOCC2)CC1. The van der Waals surface area contributed by atoms with E-state index < -0.39 is 10.2 Å². The molecule has 0 aromatic rings. The van der Waals surface area contributed by atoms with Gasteiger partial charge < -0.3 is 4.74 Å². The van der Waals surface area contributed by atoms with Crippen molar-refractivity contribution in [1.29, 1.82) is 0 Å². The molecule has 1 atom stereocenters. The monoisotopic (exact) mass is 305 g/mol. The molecular formula is C13H27N3O3S. The average molecular weight is 305 g/mol. The Morgan fingerprint density at radius 2 is 1.80 bits per heavy atom. The quantitative estimate of drug-likeness (QED) is 0.792. The molecule has 0 amide bonds. The molecule has 0 aromatic carbocycles. The van der Waals surface area contributed by atoms with Gasteiger partial charge in [0, 0.05) is 38.8 Å². The second kappa shape index (κ2) is 7.17. The van der Waals surface area contributed by atoms with Crippen molar-refractivity contribution in [2.75, 3.05) is 45.9 Å². The normalized spacial score (nSPS) is 25.7. The maximum absolute atomic E-state index is 12.3. The number of nitrogens with zero attached hydrogens (tertiary/aromatic N) is 2. The molecular weight excluding hydrogens is 278 g/mol. The van der Waals surface area contributed by atoms with Gasteiger partial charge in [0.05, 0.1) is 13.2 Å². The second-order valence-electron chi connectivity index (χ2n) is 5.93. The van der Waals surface area contributed by atoms with E-state index >= 15 is 0 Å². The summed E-state index contributed by atoms with van der Waals surface area (Å²) in [4.78, 5) is 2.27. The number of hydrogen-bond acceptors (Lipinski definition) is 4. The van der Waals surface area contributed by atoms with E-state index in [1.165, 1.54) is 0 Å². The van der Waals surface area contributed by atoms with Crippen LogP contribution in [0.2, 0.25) is 0 Å². The third kappa shape index (κ3) is 4.39. The molecule has 2 fully saturated rings. The molecule has 118 valence electrons. The summed E-state index contributed by atoms with van der Waals surface area (Å²) in [5.74, 6) is 0.633. The van der Waals surface area contributed by atoms with Crippen molar-refractivity contribution in [3.8, 4) is 0 Å². The number of ether oxygens (including phenoxy) is 1. The summed E-state index contributed by atoms with van der Waals surface area (Å²) in [6, 6.07) is 0.206. The van der Waals surface area contributed by atoms with Crippen LogP contribution in [0.4, 0.5) is 0 Å². The smallest absolute Gasteiger partial charge is 0.279 e. The zero-order valence-corrected chi connectivity index (χ0v) is 13.4. The van der Waals surface area contributed by atoms with Gasteiger partial charge in [0.15, 0.2) is 0 Å². The van der Waals surface area contributed by atoms with Crippen LogP contribution >= 0.6 is 0 Å². The summed E-state index contributed by atoms with van der Waals surface area (Å²) < 4.78 is 34.2.